The van der Waals surface area contributed by atoms with E-state index < -0.39 is 7.38 Å². The van der Waals surface area contributed by atoms with E-state index in [9.17, 15) is 0 Å². The molecular formula is C17H16Cl3SiZr. The Morgan fingerprint density at radius 1 is 1.32 bits per heavy atom. The zero-order chi connectivity index (χ0) is 13.9. The summed E-state index contributed by atoms with van der Waals surface area (Å²) in [6, 6.07) is 8.08. The molecule has 22 heavy (non-hydrogen) atoms. The van der Waals surface area contributed by atoms with Gasteiger partial charge in [-0.2, -0.15) is 0 Å². The van der Waals surface area contributed by atoms with E-state index in [-0.39, 0.29) is 24.8 Å². The molecule has 113 valence electrons. The van der Waals surface area contributed by atoms with Crippen LogP contribution in [0.1, 0.15) is 40.1 Å². The molecule has 1 aromatic carbocycles. The maximum absolute atomic E-state index is 7.06. The maximum Gasteiger partial charge on any atom is -1.00 e. The summed E-state index contributed by atoms with van der Waals surface area (Å²) in [5.41, 5.74) is 6.01. The van der Waals surface area contributed by atoms with Crippen LogP contribution in [-0.2, 0) is 24.7 Å². The summed E-state index contributed by atoms with van der Waals surface area (Å²) >= 11 is 8.66. The molecule has 0 radical (unpaired) electrons. The SMILES string of the molecule is CCC[Si]1(Cl)C2=C1[CH]([Zr+2])c1cccc(C3=CC=CC3)c12.[Cl-].[Cl-]. The fourth-order valence-corrected chi connectivity index (χ4v) is 13.3. The third kappa shape index (κ3) is 2.50. The molecule has 0 amide bonds. The van der Waals surface area contributed by atoms with Gasteiger partial charge in [0.15, 0.2) is 0 Å². The summed E-state index contributed by atoms with van der Waals surface area (Å²) in [4.78, 5) is 0. The molecule has 5 heteroatoms. The van der Waals surface area contributed by atoms with Crippen molar-refractivity contribution in [1.29, 1.82) is 0 Å². The zero-order valence-corrected chi connectivity index (χ0v) is 18.0. The molecule has 0 bridgehead atoms. The predicted molar refractivity (Wildman–Crippen MR) is 84.5 cm³/mol. The van der Waals surface area contributed by atoms with Crippen molar-refractivity contribution < 1.29 is 49.5 Å². The molecular weight excluding hydrogens is 430 g/mol. The summed E-state index contributed by atoms with van der Waals surface area (Å²) in [5, 5.41) is 3.29. The molecule has 0 spiro atoms. The van der Waals surface area contributed by atoms with E-state index in [1.165, 1.54) is 29.2 Å². The Hall–Kier alpha value is 0.410. The molecule has 4 rings (SSSR count). The Bertz CT molecular complexity index is 708. The largest absolute Gasteiger partial charge is 1.00 e. The van der Waals surface area contributed by atoms with Gasteiger partial charge in [-0.05, 0) is 0 Å². The van der Waals surface area contributed by atoms with E-state index >= 15 is 0 Å². The number of halogens is 3. The molecule has 0 aromatic heterocycles. The van der Waals surface area contributed by atoms with Gasteiger partial charge in [0.25, 0.3) is 0 Å². The third-order valence-electron chi connectivity index (χ3n) is 4.69. The van der Waals surface area contributed by atoms with Crippen molar-refractivity contribution >= 4 is 29.2 Å². The van der Waals surface area contributed by atoms with Crippen molar-refractivity contribution in [3.05, 3.63) is 58.3 Å². The van der Waals surface area contributed by atoms with Gasteiger partial charge in [0.1, 0.15) is 0 Å². The first-order valence-corrected chi connectivity index (χ1v) is 12.0. The first-order chi connectivity index (χ1) is 9.68. The second-order valence-corrected chi connectivity index (χ2v) is 12.4. The minimum Gasteiger partial charge on any atom is -1.00 e. The van der Waals surface area contributed by atoms with Crippen molar-refractivity contribution in [3.8, 4) is 0 Å². The Kier molecular flexibility index (Phi) is 5.73. The fourth-order valence-electron chi connectivity index (χ4n) is 3.79. The van der Waals surface area contributed by atoms with Crippen molar-refractivity contribution in [2.24, 2.45) is 0 Å². The number of allylic oxidation sites excluding steroid dienone is 5. The topological polar surface area (TPSA) is 0 Å². The first-order valence-electron chi connectivity index (χ1n) is 7.33. The van der Waals surface area contributed by atoms with Gasteiger partial charge in [0, 0.05) is 0 Å². The predicted octanol–water partition coefficient (Wildman–Crippen LogP) is -0.921. The van der Waals surface area contributed by atoms with Gasteiger partial charge in [-0.25, -0.2) is 0 Å². The average molecular weight is 446 g/mol. The van der Waals surface area contributed by atoms with E-state index in [1.807, 2.05) is 0 Å². The molecule has 2 unspecified atom stereocenters. The van der Waals surface area contributed by atoms with E-state index in [1.54, 1.807) is 40.7 Å². The number of fused-ring (bicyclic) bond motifs is 2. The molecule has 0 N–H and O–H groups in total. The van der Waals surface area contributed by atoms with Crippen LogP contribution in [0.5, 0.6) is 0 Å². The van der Waals surface area contributed by atoms with E-state index in [4.69, 9.17) is 11.1 Å². The number of rotatable bonds is 3. The van der Waals surface area contributed by atoms with E-state index in [0.717, 1.165) is 6.42 Å². The molecule has 2 atom stereocenters. The second-order valence-electron chi connectivity index (χ2n) is 5.87. The quantitative estimate of drug-likeness (QED) is 0.417. The van der Waals surface area contributed by atoms with Crippen LogP contribution in [0, 0.1) is 0 Å². The summed E-state index contributed by atoms with van der Waals surface area (Å²) in [6.07, 6.45) is 8.99. The molecule has 0 saturated heterocycles. The summed E-state index contributed by atoms with van der Waals surface area (Å²) in [6.45, 7) is 2.26. The van der Waals surface area contributed by atoms with Crippen LogP contribution >= 0.6 is 11.1 Å². The molecule has 1 aliphatic heterocycles. The molecule has 0 saturated carbocycles. The van der Waals surface area contributed by atoms with Gasteiger partial charge in [-0.15, -0.1) is 0 Å². The van der Waals surface area contributed by atoms with Gasteiger partial charge in [-0.3, -0.25) is 0 Å². The molecule has 0 nitrogen and oxygen atoms in total. The smallest absolute Gasteiger partial charge is 1.00 e. The standard InChI is InChI=1S/C17H16ClSi.2ClH.Zr/c1-2-10-19(18)15-11-13-8-5-9-14(16(13)17(15)19)12-6-3-4-7-12;;;/h3-6,8-9,11H,2,7,10H2,1H3;2*1H;/q;;;+2/p-2. The summed E-state index contributed by atoms with van der Waals surface area (Å²) in [7, 11) is -1.67. The molecule has 1 aromatic rings. The van der Waals surface area contributed by atoms with Crippen LogP contribution in [0.4, 0.5) is 0 Å². The second kappa shape index (κ2) is 6.73. The zero-order valence-electron chi connectivity index (χ0n) is 12.3. The Morgan fingerprint density at radius 3 is 2.73 bits per heavy atom. The molecule has 2 aliphatic carbocycles. The van der Waals surface area contributed by atoms with Crippen LogP contribution in [0.2, 0.25) is 6.04 Å². The normalized spacial score (nSPS) is 26.9. The van der Waals surface area contributed by atoms with Crippen LogP contribution in [-0.4, -0.2) is 7.38 Å². The Morgan fingerprint density at radius 2 is 2.09 bits per heavy atom. The first kappa shape index (κ1) is 18.7. The minimum atomic E-state index is -1.67. The van der Waals surface area contributed by atoms with Crippen LogP contribution < -0.4 is 24.8 Å². The van der Waals surface area contributed by atoms with E-state index in [0.29, 0.717) is 3.63 Å². The van der Waals surface area contributed by atoms with Gasteiger partial charge in [0.05, 0.1) is 0 Å². The van der Waals surface area contributed by atoms with Gasteiger partial charge in [0.2, 0.25) is 0 Å². The Labute approximate surface area is 165 Å². The minimum absolute atomic E-state index is 0. The Balaban J connectivity index is 0.000000882. The van der Waals surface area contributed by atoms with Gasteiger partial charge >= 0.3 is 142 Å². The monoisotopic (exact) mass is 443 g/mol. The van der Waals surface area contributed by atoms with Gasteiger partial charge < -0.3 is 24.8 Å². The molecule has 0 fully saturated rings. The summed E-state index contributed by atoms with van der Waals surface area (Å²) < 4.78 is 0.651. The average Bonchev–Trinajstić information content (AvgIpc) is 2.85. The number of benzene rings is 1. The van der Waals surface area contributed by atoms with Crippen LogP contribution in [0.3, 0.4) is 0 Å². The number of hydrogen-bond acceptors (Lipinski definition) is 0. The van der Waals surface area contributed by atoms with Crippen molar-refractivity contribution in [3.63, 3.8) is 0 Å². The molecule has 1 heterocycles. The van der Waals surface area contributed by atoms with Crippen molar-refractivity contribution in [1.82, 2.24) is 0 Å². The fraction of sp³-hybridized carbons (Fsp3) is 0.294. The van der Waals surface area contributed by atoms with E-state index in [2.05, 4.69) is 43.4 Å². The van der Waals surface area contributed by atoms with Crippen molar-refractivity contribution in [2.45, 2.75) is 29.4 Å². The maximum atomic E-state index is 7.06. The third-order valence-corrected chi connectivity index (χ3v) is 12.3. The molecule has 3 aliphatic rings. The van der Waals surface area contributed by atoms with Crippen LogP contribution in [0.15, 0.2) is 41.6 Å². The van der Waals surface area contributed by atoms with Gasteiger partial charge in [-0.1, -0.05) is 0 Å². The van der Waals surface area contributed by atoms with Crippen molar-refractivity contribution in [2.75, 3.05) is 0 Å². The summed E-state index contributed by atoms with van der Waals surface area (Å²) in [5.74, 6) is 0. The van der Waals surface area contributed by atoms with Crippen LogP contribution in [0.25, 0.3) is 10.8 Å². The number of hydrogen-bond donors (Lipinski definition) is 0.